The summed E-state index contributed by atoms with van der Waals surface area (Å²) in [5.41, 5.74) is 10.1. The Hall–Kier alpha value is -2.47. The maximum absolute atomic E-state index is 13.7. The van der Waals surface area contributed by atoms with Crippen molar-refractivity contribution >= 4 is 28.8 Å². The molecule has 2 N–H and O–H groups in total. The van der Waals surface area contributed by atoms with E-state index >= 15 is 0 Å². The lowest BCUT2D eigenvalue weighted by atomic mass is 10.0. The van der Waals surface area contributed by atoms with Gasteiger partial charge < -0.3 is 5.73 Å². The highest BCUT2D eigenvalue weighted by molar-refractivity contribution is 6.36. The van der Waals surface area contributed by atoms with Gasteiger partial charge in [-0.25, -0.2) is 13.8 Å². The molecule has 27 heavy (non-hydrogen) atoms. The second-order valence-corrected chi connectivity index (χ2v) is 6.88. The summed E-state index contributed by atoms with van der Waals surface area (Å²) in [5.74, 6) is -1.81. The Labute approximate surface area is 164 Å². The molecule has 0 unspecified atom stereocenters. The number of aromatic nitrogens is 2. The smallest absolute Gasteiger partial charge is 0.159 e. The van der Waals surface area contributed by atoms with Gasteiger partial charge in [0, 0.05) is 39.5 Å². The van der Waals surface area contributed by atoms with Crippen LogP contribution in [0.2, 0.25) is 10.0 Å². The molecule has 4 rings (SSSR count). The SMILES string of the molecule is NCc1cc2ncc(-c3ccc(F)c(F)c3)n2cc1-c1ccc(Cl)cc1Cl. The standard InChI is InChI=1S/C20H13Cl2F2N3/c21-13-2-3-14(16(22)7-13)15-10-27-19(9-26-20(27)6-12(15)8-25)11-1-4-17(23)18(24)5-11/h1-7,9-10H,8,25H2. The van der Waals surface area contributed by atoms with Crippen LogP contribution in [-0.2, 0) is 6.54 Å². The molecule has 0 aliphatic carbocycles. The summed E-state index contributed by atoms with van der Waals surface area (Å²) in [6.45, 7) is 0.290. The van der Waals surface area contributed by atoms with Gasteiger partial charge in [-0.2, -0.15) is 0 Å². The minimum Gasteiger partial charge on any atom is -0.326 e. The van der Waals surface area contributed by atoms with Gasteiger partial charge in [-0.3, -0.25) is 4.40 Å². The van der Waals surface area contributed by atoms with Gasteiger partial charge in [0.15, 0.2) is 11.6 Å². The van der Waals surface area contributed by atoms with E-state index in [-0.39, 0.29) is 6.54 Å². The Balaban J connectivity index is 1.96. The summed E-state index contributed by atoms with van der Waals surface area (Å²) in [6, 6.07) is 10.8. The topological polar surface area (TPSA) is 43.3 Å². The first-order valence-corrected chi connectivity index (χ1v) is 8.84. The second-order valence-electron chi connectivity index (χ2n) is 6.04. The van der Waals surface area contributed by atoms with E-state index in [1.807, 2.05) is 18.3 Å². The van der Waals surface area contributed by atoms with Crippen molar-refractivity contribution in [2.45, 2.75) is 6.54 Å². The van der Waals surface area contributed by atoms with E-state index < -0.39 is 11.6 Å². The number of pyridine rings is 1. The van der Waals surface area contributed by atoms with Crippen molar-refractivity contribution in [2.24, 2.45) is 5.73 Å². The number of nitrogens with two attached hydrogens (primary N) is 1. The molecule has 0 bridgehead atoms. The normalized spacial score (nSPS) is 11.3. The summed E-state index contributed by atoms with van der Waals surface area (Å²) in [6.07, 6.45) is 3.45. The first kappa shape index (κ1) is 17.9. The van der Waals surface area contributed by atoms with Crippen LogP contribution in [0.15, 0.2) is 54.9 Å². The Bertz CT molecular complexity index is 1170. The average Bonchev–Trinajstić information content (AvgIpc) is 3.06. The third-order valence-electron chi connectivity index (χ3n) is 4.39. The molecule has 3 nitrogen and oxygen atoms in total. The zero-order chi connectivity index (χ0) is 19.1. The first-order chi connectivity index (χ1) is 13.0. The van der Waals surface area contributed by atoms with E-state index in [0.29, 0.717) is 26.9 Å². The van der Waals surface area contributed by atoms with Gasteiger partial charge >= 0.3 is 0 Å². The molecule has 0 amide bonds. The van der Waals surface area contributed by atoms with Crippen LogP contribution in [0.4, 0.5) is 8.78 Å². The number of rotatable bonds is 3. The van der Waals surface area contributed by atoms with Crippen LogP contribution in [0.25, 0.3) is 28.0 Å². The predicted octanol–water partition coefficient (Wildman–Crippen LogP) is 5.71. The lowest BCUT2D eigenvalue weighted by Gasteiger charge is -2.12. The predicted molar refractivity (Wildman–Crippen MR) is 104 cm³/mol. The van der Waals surface area contributed by atoms with Gasteiger partial charge in [-0.15, -0.1) is 0 Å². The van der Waals surface area contributed by atoms with Crippen LogP contribution in [0.5, 0.6) is 0 Å². The number of halogens is 4. The summed E-state index contributed by atoms with van der Waals surface area (Å²) in [5, 5.41) is 1.02. The molecule has 0 spiro atoms. The molecule has 2 aromatic carbocycles. The number of benzene rings is 2. The molecule has 0 atom stereocenters. The fraction of sp³-hybridized carbons (Fsp3) is 0.0500. The molecule has 7 heteroatoms. The molecule has 2 heterocycles. The van der Waals surface area contributed by atoms with Crippen molar-refractivity contribution in [3.05, 3.63) is 82.1 Å². The Kier molecular flexibility index (Phi) is 4.60. The summed E-state index contributed by atoms with van der Waals surface area (Å²) >= 11 is 12.4. The van der Waals surface area contributed by atoms with Gasteiger partial charge in [-0.1, -0.05) is 29.3 Å². The van der Waals surface area contributed by atoms with E-state index in [0.717, 1.165) is 28.8 Å². The highest BCUT2D eigenvalue weighted by atomic mass is 35.5. The van der Waals surface area contributed by atoms with Crippen molar-refractivity contribution in [2.75, 3.05) is 0 Å². The van der Waals surface area contributed by atoms with E-state index in [1.54, 1.807) is 22.7 Å². The zero-order valence-corrected chi connectivity index (χ0v) is 15.4. The van der Waals surface area contributed by atoms with Gasteiger partial charge in [0.1, 0.15) is 5.65 Å². The van der Waals surface area contributed by atoms with Gasteiger partial charge in [0.05, 0.1) is 11.9 Å². The average molecular weight is 404 g/mol. The largest absolute Gasteiger partial charge is 0.326 e. The van der Waals surface area contributed by atoms with Crippen molar-refractivity contribution in [3.63, 3.8) is 0 Å². The number of hydrogen-bond donors (Lipinski definition) is 1. The van der Waals surface area contributed by atoms with Gasteiger partial charge in [-0.05, 0) is 42.0 Å². The Morgan fingerprint density at radius 2 is 1.78 bits per heavy atom. The van der Waals surface area contributed by atoms with Crippen molar-refractivity contribution in [3.8, 4) is 22.4 Å². The fourth-order valence-corrected chi connectivity index (χ4v) is 3.56. The molecule has 0 saturated carbocycles. The highest BCUT2D eigenvalue weighted by Crippen LogP contribution is 2.34. The summed E-state index contributed by atoms with van der Waals surface area (Å²) < 4.78 is 28.8. The lowest BCUT2D eigenvalue weighted by molar-refractivity contribution is 0.509. The lowest BCUT2D eigenvalue weighted by Crippen LogP contribution is -2.02. The van der Waals surface area contributed by atoms with Crippen molar-refractivity contribution < 1.29 is 8.78 Å². The summed E-state index contributed by atoms with van der Waals surface area (Å²) in [7, 11) is 0. The molecule has 136 valence electrons. The molecular weight excluding hydrogens is 391 g/mol. The monoisotopic (exact) mass is 403 g/mol. The van der Waals surface area contributed by atoms with E-state index in [1.165, 1.54) is 6.07 Å². The van der Waals surface area contributed by atoms with Gasteiger partial charge in [0.2, 0.25) is 0 Å². The number of nitrogens with zero attached hydrogens (tertiary/aromatic N) is 2. The zero-order valence-electron chi connectivity index (χ0n) is 13.9. The van der Waals surface area contributed by atoms with Crippen LogP contribution >= 0.6 is 23.2 Å². The van der Waals surface area contributed by atoms with Gasteiger partial charge in [0.25, 0.3) is 0 Å². The first-order valence-electron chi connectivity index (χ1n) is 8.09. The highest BCUT2D eigenvalue weighted by Gasteiger charge is 2.15. The molecular formula is C20H13Cl2F2N3. The molecule has 0 radical (unpaired) electrons. The molecule has 0 aliphatic rings. The summed E-state index contributed by atoms with van der Waals surface area (Å²) in [4.78, 5) is 4.36. The van der Waals surface area contributed by atoms with E-state index in [9.17, 15) is 8.78 Å². The second kappa shape index (κ2) is 6.93. The minimum absolute atomic E-state index is 0.290. The maximum atomic E-state index is 13.7. The molecule has 0 aliphatic heterocycles. The van der Waals surface area contributed by atoms with Crippen LogP contribution in [-0.4, -0.2) is 9.38 Å². The van der Waals surface area contributed by atoms with E-state index in [2.05, 4.69) is 4.98 Å². The number of imidazole rings is 1. The molecule has 0 fully saturated rings. The van der Waals surface area contributed by atoms with E-state index in [4.69, 9.17) is 28.9 Å². The van der Waals surface area contributed by atoms with Crippen LogP contribution in [0.1, 0.15) is 5.56 Å². The third kappa shape index (κ3) is 3.18. The third-order valence-corrected chi connectivity index (χ3v) is 4.94. The number of fused-ring (bicyclic) bond motifs is 1. The quantitative estimate of drug-likeness (QED) is 0.475. The fourth-order valence-electron chi connectivity index (χ4n) is 3.05. The Morgan fingerprint density at radius 3 is 2.48 bits per heavy atom. The number of hydrogen-bond acceptors (Lipinski definition) is 2. The van der Waals surface area contributed by atoms with Crippen molar-refractivity contribution in [1.29, 1.82) is 0 Å². The maximum Gasteiger partial charge on any atom is 0.159 e. The van der Waals surface area contributed by atoms with Crippen LogP contribution in [0.3, 0.4) is 0 Å². The Morgan fingerprint density at radius 1 is 0.963 bits per heavy atom. The molecule has 0 saturated heterocycles. The molecule has 2 aromatic heterocycles. The van der Waals surface area contributed by atoms with Crippen LogP contribution < -0.4 is 5.73 Å². The van der Waals surface area contributed by atoms with Crippen LogP contribution in [0, 0.1) is 11.6 Å². The minimum atomic E-state index is -0.915. The molecule has 4 aromatic rings. The van der Waals surface area contributed by atoms with Crippen molar-refractivity contribution in [1.82, 2.24) is 9.38 Å².